The fraction of sp³-hybridized carbons (Fsp3) is 0.200. The van der Waals surface area contributed by atoms with Crippen molar-refractivity contribution < 1.29 is 23.1 Å². The van der Waals surface area contributed by atoms with Crippen LogP contribution in [0.25, 0.3) is 0 Å². The molecule has 10 heteroatoms. The summed E-state index contributed by atoms with van der Waals surface area (Å²) in [6.07, 6.45) is -0.0869. The van der Waals surface area contributed by atoms with E-state index in [1.165, 1.54) is 37.4 Å². The van der Waals surface area contributed by atoms with Crippen LogP contribution in [-0.4, -0.2) is 35.1 Å². The maximum atomic E-state index is 13.9. The number of ether oxygens (including phenoxy) is 1. The molecule has 0 aromatic heterocycles. The van der Waals surface area contributed by atoms with Gasteiger partial charge in [0, 0.05) is 12.0 Å². The Balaban J connectivity index is 1.72. The van der Waals surface area contributed by atoms with Gasteiger partial charge in [-0.25, -0.2) is 8.78 Å². The van der Waals surface area contributed by atoms with Crippen molar-refractivity contribution in [2.24, 2.45) is 10.2 Å². The number of carbonyl (C=O) groups excluding carboxylic acids is 2. The van der Waals surface area contributed by atoms with Crippen LogP contribution in [0.4, 0.5) is 14.5 Å². The molecule has 0 saturated carbocycles. The topological polar surface area (TPSA) is 92.2 Å². The number of methoxy groups -OCH3 is 1. The number of carbonyl (C=O) groups is 2. The number of amidine groups is 1. The molecular formula is C20H18F2N4O3S. The van der Waals surface area contributed by atoms with Gasteiger partial charge in [0.15, 0.2) is 16.7 Å². The van der Waals surface area contributed by atoms with Crippen LogP contribution in [-0.2, 0) is 9.59 Å². The molecule has 1 aliphatic heterocycles. The van der Waals surface area contributed by atoms with Crippen molar-refractivity contribution in [1.29, 1.82) is 0 Å². The third-order valence-electron chi connectivity index (χ3n) is 4.16. The molecule has 1 aliphatic rings. The van der Waals surface area contributed by atoms with Crippen molar-refractivity contribution in [3.05, 3.63) is 59.7 Å². The molecule has 7 nitrogen and oxygen atoms in total. The molecule has 1 heterocycles. The number of thioether (sulfide) groups is 1. The van der Waals surface area contributed by atoms with Crippen LogP contribution in [0.3, 0.4) is 0 Å². The van der Waals surface area contributed by atoms with E-state index in [0.717, 1.165) is 11.8 Å². The average Bonchev–Trinajstić information content (AvgIpc) is 2.73. The molecular weight excluding hydrogens is 414 g/mol. The van der Waals surface area contributed by atoms with Gasteiger partial charge in [-0.05, 0) is 37.3 Å². The average molecular weight is 432 g/mol. The second-order valence-electron chi connectivity index (χ2n) is 6.27. The van der Waals surface area contributed by atoms with E-state index in [2.05, 4.69) is 20.8 Å². The van der Waals surface area contributed by atoms with Gasteiger partial charge in [0.2, 0.25) is 11.8 Å². The van der Waals surface area contributed by atoms with Gasteiger partial charge >= 0.3 is 0 Å². The molecule has 2 N–H and O–H groups in total. The molecule has 2 amide bonds. The second kappa shape index (κ2) is 9.49. The molecule has 2 aromatic rings. The van der Waals surface area contributed by atoms with Gasteiger partial charge in [-0.1, -0.05) is 23.9 Å². The Hall–Kier alpha value is -3.27. The fourth-order valence-corrected chi connectivity index (χ4v) is 3.52. The summed E-state index contributed by atoms with van der Waals surface area (Å²) in [5.74, 6) is -1.94. The summed E-state index contributed by atoms with van der Waals surface area (Å²) in [5.41, 5.74) is 0.915. The second-order valence-corrected chi connectivity index (χ2v) is 7.46. The van der Waals surface area contributed by atoms with E-state index < -0.39 is 28.7 Å². The summed E-state index contributed by atoms with van der Waals surface area (Å²) in [4.78, 5) is 24.4. The van der Waals surface area contributed by atoms with Gasteiger partial charge in [-0.2, -0.15) is 5.10 Å². The third-order valence-corrected chi connectivity index (χ3v) is 5.23. The minimum atomic E-state index is -0.800. The first-order valence-electron chi connectivity index (χ1n) is 8.85. The van der Waals surface area contributed by atoms with Crippen LogP contribution < -0.4 is 15.4 Å². The summed E-state index contributed by atoms with van der Waals surface area (Å²) in [6.45, 7) is 1.63. The Bertz CT molecular complexity index is 1040. The molecule has 30 heavy (non-hydrogen) atoms. The Kier molecular flexibility index (Phi) is 6.78. The highest BCUT2D eigenvalue weighted by atomic mass is 32.2. The van der Waals surface area contributed by atoms with Gasteiger partial charge in [0.05, 0.1) is 18.5 Å². The molecule has 3 rings (SSSR count). The molecule has 2 aromatic carbocycles. The first-order chi connectivity index (χ1) is 14.4. The quantitative estimate of drug-likeness (QED) is 0.560. The van der Waals surface area contributed by atoms with Gasteiger partial charge < -0.3 is 15.4 Å². The first kappa shape index (κ1) is 21.4. The number of anilines is 1. The van der Waals surface area contributed by atoms with Crippen LogP contribution in [0.15, 0.2) is 52.7 Å². The van der Waals surface area contributed by atoms with Crippen molar-refractivity contribution in [3.8, 4) is 5.75 Å². The zero-order chi connectivity index (χ0) is 21.7. The molecule has 0 aliphatic carbocycles. The first-order valence-corrected chi connectivity index (χ1v) is 9.73. The number of halogens is 2. The highest BCUT2D eigenvalue weighted by Gasteiger charge is 2.30. The number of benzene rings is 2. The van der Waals surface area contributed by atoms with Gasteiger partial charge in [-0.15, -0.1) is 5.10 Å². The van der Waals surface area contributed by atoms with Crippen molar-refractivity contribution in [1.82, 2.24) is 5.32 Å². The van der Waals surface area contributed by atoms with Crippen LogP contribution in [0, 0.1) is 11.6 Å². The zero-order valence-electron chi connectivity index (χ0n) is 16.1. The predicted molar refractivity (Wildman–Crippen MR) is 112 cm³/mol. The normalized spacial score (nSPS) is 18.1. The summed E-state index contributed by atoms with van der Waals surface area (Å²) >= 11 is 0.997. The Morgan fingerprint density at radius 1 is 1.23 bits per heavy atom. The Labute approximate surface area is 175 Å². The van der Waals surface area contributed by atoms with E-state index in [-0.39, 0.29) is 23.0 Å². The van der Waals surface area contributed by atoms with Crippen LogP contribution >= 0.6 is 11.8 Å². The highest BCUT2D eigenvalue weighted by molar-refractivity contribution is 8.15. The summed E-state index contributed by atoms with van der Waals surface area (Å²) in [5, 5.41) is 12.3. The molecule has 1 saturated heterocycles. The van der Waals surface area contributed by atoms with Crippen molar-refractivity contribution in [2.45, 2.75) is 18.6 Å². The minimum Gasteiger partial charge on any atom is -0.494 e. The standard InChI is InChI=1S/C20H18F2N4O3S/c1-11(12-7-8-16(29-2)14(22)9-12)25-26-20-24-18(27)10-17(30-20)19(28)23-15-6-4-3-5-13(15)21/h3-9,17H,10H2,1-2H3,(H,23,28)(H,24,26,27)/b25-11+/t17-/m1/s1. The van der Waals surface area contributed by atoms with Crippen molar-refractivity contribution in [3.63, 3.8) is 0 Å². The number of nitrogens with one attached hydrogen (secondary N) is 2. The number of rotatable bonds is 5. The zero-order valence-corrected chi connectivity index (χ0v) is 16.9. The number of para-hydroxylation sites is 1. The van der Waals surface area contributed by atoms with E-state index in [1.807, 2.05) is 0 Å². The lowest BCUT2D eigenvalue weighted by Crippen LogP contribution is -2.42. The number of hydrogen-bond donors (Lipinski definition) is 2. The van der Waals surface area contributed by atoms with Crippen LogP contribution in [0.5, 0.6) is 5.75 Å². The monoisotopic (exact) mass is 432 g/mol. The molecule has 0 radical (unpaired) electrons. The summed E-state index contributed by atoms with van der Waals surface area (Å²) in [7, 11) is 1.37. The van der Waals surface area contributed by atoms with E-state index in [1.54, 1.807) is 19.1 Å². The van der Waals surface area contributed by atoms with Gasteiger partial charge in [0.25, 0.3) is 0 Å². The van der Waals surface area contributed by atoms with Gasteiger partial charge in [-0.3, -0.25) is 9.59 Å². The third kappa shape index (κ3) is 5.20. The lowest BCUT2D eigenvalue weighted by atomic mass is 10.1. The van der Waals surface area contributed by atoms with Gasteiger partial charge in [0.1, 0.15) is 11.1 Å². The molecule has 0 unspecified atom stereocenters. The Morgan fingerprint density at radius 2 is 2.00 bits per heavy atom. The largest absolute Gasteiger partial charge is 0.494 e. The van der Waals surface area contributed by atoms with E-state index in [9.17, 15) is 18.4 Å². The predicted octanol–water partition coefficient (Wildman–Crippen LogP) is 3.31. The molecule has 1 atom stereocenters. The maximum absolute atomic E-state index is 13.9. The fourth-order valence-electron chi connectivity index (χ4n) is 2.58. The van der Waals surface area contributed by atoms with Crippen LogP contribution in [0.1, 0.15) is 18.9 Å². The van der Waals surface area contributed by atoms with E-state index >= 15 is 0 Å². The van der Waals surface area contributed by atoms with E-state index in [4.69, 9.17) is 4.74 Å². The number of amides is 2. The lowest BCUT2D eigenvalue weighted by Gasteiger charge is -2.21. The van der Waals surface area contributed by atoms with Crippen molar-refractivity contribution >= 4 is 40.1 Å². The minimum absolute atomic E-state index is 0.0305. The number of hydrogen-bond acceptors (Lipinski definition) is 6. The molecule has 156 valence electrons. The highest BCUT2D eigenvalue weighted by Crippen LogP contribution is 2.24. The molecule has 0 spiro atoms. The summed E-state index contributed by atoms with van der Waals surface area (Å²) < 4.78 is 32.5. The summed E-state index contributed by atoms with van der Waals surface area (Å²) in [6, 6.07) is 10.1. The lowest BCUT2D eigenvalue weighted by molar-refractivity contribution is -0.123. The number of nitrogens with zero attached hydrogens (tertiary/aromatic N) is 2. The Morgan fingerprint density at radius 3 is 2.70 bits per heavy atom. The molecule has 0 bridgehead atoms. The maximum Gasteiger partial charge on any atom is 0.238 e. The SMILES string of the molecule is COc1ccc(/C(C)=N/N=C2\NC(=O)C[C@H](C(=O)Nc3ccccc3F)S2)cc1F. The van der Waals surface area contributed by atoms with Crippen LogP contribution in [0.2, 0.25) is 0 Å². The van der Waals surface area contributed by atoms with Crippen molar-refractivity contribution in [2.75, 3.05) is 12.4 Å². The molecule has 1 fully saturated rings. The smallest absolute Gasteiger partial charge is 0.238 e. The van der Waals surface area contributed by atoms with E-state index in [0.29, 0.717) is 11.3 Å².